The molecule has 0 N–H and O–H groups in total. The van der Waals surface area contributed by atoms with E-state index < -0.39 is 5.92 Å². The third kappa shape index (κ3) is 4.31. The highest BCUT2D eigenvalue weighted by atomic mass is 16.6. The minimum Gasteiger partial charge on any atom is -0.486 e. The summed E-state index contributed by atoms with van der Waals surface area (Å²) in [5.41, 5.74) is 0.707. The number of hydrogen-bond donors (Lipinski definition) is 0. The van der Waals surface area contributed by atoms with E-state index in [4.69, 9.17) is 14.2 Å². The van der Waals surface area contributed by atoms with Crippen LogP contribution in [0, 0.1) is 5.92 Å². The number of carbonyl (C=O) groups excluding carboxylic acids is 3. The minimum atomic E-state index is -0.404. The Morgan fingerprint density at radius 1 is 1.21 bits per heavy atom. The monoisotopic (exact) mass is 402 g/mol. The topological polar surface area (TPSA) is 85.4 Å². The fourth-order valence-corrected chi connectivity index (χ4v) is 3.86. The molecule has 2 heterocycles. The second-order valence-corrected chi connectivity index (χ2v) is 7.55. The largest absolute Gasteiger partial charge is 0.486 e. The smallest absolute Gasteiger partial charge is 0.307 e. The molecule has 0 bridgehead atoms. The molecule has 0 radical (unpaired) electrons. The Balaban J connectivity index is 1.42. The van der Waals surface area contributed by atoms with Crippen LogP contribution in [0.5, 0.6) is 11.5 Å². The predicted molar refractivity (Wildman–Crippen MR) is 104 cm³/mol. The summed E-state index contributed by atoms with van der Waals surface area (Å²) in [7, 11) is 0. The molecule has 1 aliphatic carbocycles. The molecule has 0 spiro atoms. The summed E-state index contributed by atoms with van der Waals surface area (Å²) >= 11 is 0. The molecule has 2 amide bonds. The van der Waals surface area contributed by atoms with E-state index >= 15 is 0 Å². The molecule has 8 nitrogen and oxygen atoms in total. The molecule has 0 unspecified atom stereocenters. The summed E-state index contributed by atoms with van der Waals surface area (Å²) in [5.74, 6) is 0.444. The summed E-state index contributed by atoms with van der Waals surface area (Å²) in [6.45, 7) is 3.75. The van der Waals surface area contributed by atoms with Gasteiger partial charge in [0.2, 0.25) is 11.8 Å². The lowest BCUT2D eigenvalue weighted by Crippen LogP contribution is -2.40. The van der Waals surface area contributed by atoms with Gasteiger partial charge in [0.05, 0.1) is 18.9 Å². The molecule has 1 saturated heterocycles. The number of anilines is 1. The predicted octanol–water partition coefficient (Wildman–Crippen LogP) is 1.75. The zero-order valence-corrected chi connectivity index (χ0v) is 16.6. The van der Waals surface area contributed by atoms with E-state index in [0.29, 0.717) is 50.1 Å². The number of carbonyl (C=O) groups is 3. The number of rotatable bonds is 7. The Kier molecular flexibility index (Phi) is 5.60. The normalized spacial score (nSPS) is 20.5. The molecule has 4 rings (SSSR count). The van der Waals surface area contributed by atoms with Crippen molar-refractivity contribution in [2.24, 2.45) is 5.92 Å². The van der Waals surface area contributed by atoms with Crippen LogP contribution in [-0.2, 0) is 19.1 Å². The molecule has 1 aromatic carbocycles. The van der Waals surface area contributed by atoms with Gasteiger partial charge in [-0.15, -0.1) is 0 Å². The molecule has 8 heteroatoms. The van der Waals surface area contributed by atoms with Gasteiger partial charge >= 0.3 is 5.97 Å². The highest BCUT2D eigenvalue weighted by Gasteiger charge is 2.41. The molecule has 2 aliphatic heterocycles. The van der Waals surface area contributed by atoms with Crippen molar-refractivity contribution in [1.82, 2.24) is 4.90 Å². The average Bonchev–Trinajstić information content (AvgIpc) is 3.48. The SMILES string of the molecule is CCOC(=O)CCN(C(=O)[C@@H]1CC(=O)N(c2ccc3c(c2)OCCO3)C1)C1CC1. The number of nitrogens with zero attached hydrogens (tertiary/aromatic N) is 2. The minimum absolute atomic E-state index is 0.0507. The van der Waals surface area contributed by atoms with Gasteiger partial charge < -0.3 is 24.0 Å². The van der Waals surface area contributed by atoms with Gasteiger partial charge in [-0.1, -0.05) is 0 Å². The van der Waals surface area contributed by atoms with Gasteiger partial charge in [0, 0.05) is 37.3 Å². The zero-order chi connectivity index (χ0) is 20.4. The van der Waals surface area contributed by atoms with E-state index in [0.717, 1.165) is 12.8 Å². The molecule has 2 fully saturated rings. The van der Waals surface area contributed by atoms with Crippen LogP contribution in [0.3, 0.4) is 0 Å². The van der Waals surface area contributed by atoms with Crippen molar-refractivity contribution in [2.45, 2.75) is 38.6 Å². The van der Waals surface area contributed by atoms with Crippen molar-refractivity contribution in [3.8, 4) is 11.5 Å². The summed E-state index contributed by atoms with van der Waals surface area (Å²) in [5, 5.41) is 0. The van der Waals surface area contributed by atoms with Crippen LogP contribution in [-0.4, -0.2) is 61.6 Å². The third-order valence-electron chi connectivity index (χ3n) is 5.44. The van der Waals surface area contributed by atoms with E-state index in [2.05, 4.69) is 0 Å². The molecule has 29 heavy (non-hydrogen) atoms. The highest BCUT2D eigenvalue weighted by Crippen LogP contribution is 2.37. The van der Waals surface area contributed by atoms with Gasteiger partial charge in [0.1, 0.15) is 13.2 Å². The van der Waals surface area contributed by atoms with E-state index in [-0.39, 0.29) is 36.7 Å². The number of esters is 1. The van der Waals surface area contributed by atoms with Crippen LogP contribution >= 0.6 is 0 Å². The lowest BCUT2D eigenvalue weighted by atomic mass is 10.1. The summed E-state index contributed by atoms with van der Waals surface area (Å²) in [6.07, 6.45) is 2.25. The summed E-state index contributed by atoms with van der Waals surface area (Å²) in [6, 6.07) is 5.58. The van der Waals surface area contributed by atoms with Gasteiger partial charge in [-0.2, -0.15) is 0 Å². The van der Waals surface area contributed by atoms with Crippen LogP contribution in [0.1, 0.15) is 32.6 Å². The molecular weight excluding hydrogens is 376 g/mol. The van der Waals surface area contributed by atoms with Crippen LogP contribution in [0.15, 0.2) is 18.2 Å². The summed E-state index contributed by atoms with van der Waals surface area (Å²) < 4.78 is 16.1. The maximum Gasteiger partial charge on any atom is 0.307 e. The number of fused-ring (bicyclic) bond motifs is 1. The molecule has 1 atom stereocenters. The van der Waals surface area contributed by atoms with E-state index in [1.807, 2.05) is 6.07 Å². The first-order valence-corrected chi connectivity index (χ1v) is 10.2. The lowest BCUT2D eigenvalue weighted by Gasteiger charge is -2.25. The number of benzene rings is 1. The lowest BCUT2D eigenvalue weighted by molar-refractivity contribution is -0.144. The summed E-state index contributed by atoms with van der Waals surface area (Å²) in [4.78, 5) is 40.8. The van der Waals surface area contributed by atoms with Gasteiger partial charge in [-0.05, 0) is 31.9 Å². The Hall–Kier alpha value is -2.77. The quantitative estimate of drug-likeness (QED) is 0.646. The molecule has 1 saturated carbocycles. The average molecular weight is 402 g/mol. The highest BCUT2D eigenvalue weighted by molar-refractivity contribution is 6.00. The fraction of sp³-hybridized carbons (Fsp3) is 0.571. The fourth-order valence-electron chi connectivity index (χ4n) is 3.86. The van der Waals surface area contributed by atoms with Gasteiger partial charge in [-0.25, -0.2) is 0 Å². The Labute approximate surface area is 169 Å². The zero-order valence-electron chi connectivity index (χ0n) is 16.6. The van der Waals surface area contributed by atoms with Gasteiger partial charge in [0.25, 0.3) is 0 Å². The van der Waals surface area contributed by atoms with E-state index in [9.17, 15) is 14.4 Å². The first-order valence-electron chi connectivity index (χ1n) is 10.2. The van der Waals surface area contributed by atoms with Gasteiger partial charge in [-0.3, -0.25) is 14.4 Å². The molecule has 3 aliphatic rings. The van der Waals surface area contributed by atoms with Crippen molar-refractivity contribution in [3.63, 3.8) is 0 Å². The number of ether oxygens (including phenoxy) is 3. The molecular formula is C21H26N2O6. The first kappa shape index (κ1) is 19.5. The standard InChI is InChI=1S/C21H26N2O6/c1-2-27-20(25)7-8-22(15-3-4-15)21(26)14-11-19(24)23(13-14)16-5-6-17-18(12-16)29-10-9-28-17/h5-6,12,14-15H,2-4,7-11,13H2,1H3/t14-/m1/s1. The maximum atomic E-state index is 13.1. The van der Waals surface area contributed by atoms with Crippen LogP contribution < -0.4 is 14.4 Å². The molecule has 1 aromatic rings. The van der Waals surface area contributed by atoms with Crippen molar-refractivity contribution >= 4 is 23.5 Å². The van der Waals surface area contributed by atoms with Crippen molar-refractivity contribution in [2.75, 3.05) is 37.8 Å². The maximum absolute atomic E-state index is 13.1. The van der Waals surface area contributed by atoms with Crippen molar-refractivity contribution in [3.05, 3.63) is 18.2 Å². The second-order valence-electron chi connectivity index (χ2n) is 7.55. The van der Waals surface area contributed by atoms with Crippen LogP contribution in [0.2, 0.25) is 0 Å². The van der Waals surface area contributed by atoms with Crippen LogP contribution in [0.4, 0.5) is 5.69 Å². The third-order valence-corrected chi connectivity index (χ3v) is 5.44. The van der Waals surface area contributed by atoms with E-state index in [1.54, 1.807) is 28.9 Å². The Bertz CT molecular complexity index is 806. The van der Waals surface area contributed by atoms with E-state index in [1.165, 1.54) is 0 Å². The molecule has 156 valence electrons. The number of amides is 2. The number of hydrogen-bond acceptors (Lipinski definition) is 6. The first-order chi connectivity index (χ1) is 14.1. The Morgan fingerprint density at radius 2 is 1.97 bits per heavy atom. The van der Waals surface area contributed by atoms with Crippen LogP contribution in [0.25, 0.3) is 0 Å². The Morgan fingerprint density at radius 3 is 2.69 bits per heavy atom. The van der Waals surface area contributed by atoms with Gasteiger partial charge in [0.15, 0.2) is 11.5 Å². The van der Waals surface area contributed by atoms with Crippen molar-refractivity contribution < 1.29 is 28.6 Å². The molecule has 0 aromatic heterocycles. The van der Waals surface area contributed by atoms with Crippen molar-refractivity contribution in [1.29, 1.82) is 0 Å². The second kappa shape index (κ2) is 8.31.